The van der Waals surface area contributed by atoms with Crippen LogP contribution in [0.15, 0.2) is 48.5 Å². The molecule has 158 valence electrons. The van der Waals surface area contributed by atoms with Gasteiger partial charge in [-0.05, 0) is 50.6 Å². The van der Waals surface area contributed by atoms with Gasteiger partial charge in [0.1, 0.15) is 0 Å². The summed E-state index contributed by atoms with van der Waals surface area (Å²) in [7, 11) is 0. The normalized spacial score (nSPS) is 23.6. The van der Waals surface area contributed by atoms with Crippen molar-refractivity contribution in [2.75, 3.05) is 36.4 Å². The molecule has 0 saturated carbocycles. The number of fused-ring (bicyclic) bond motifs is 2. The van der Waals surface area contributed by atoms with Crippen LogP contribution in [-0.4, -0.2) is 48.4 Å². The quantitative estimate of drug-likeness (QED) is 0.801. The Morgan fingerprint density at radius 1 is 1.07 bits per heavy atom. The third-order valence-corrected chi connectivity index (χ3v) is 6.38. The van der Waals surface area contributed by atoms with E-state index in [9.17, 15) is 9.59 Å². The molecule has 2 atom stereocenters. The summed E-state index contributed by atoms with van der Waals surface area (Å²) in [6.45, 7) is 10.3. The molecule has 0 spiro atoms. The fraction of sp³-hybridized carbons (Fsp3) is 0.417. The maximum absolute atomic E-state index is 13.0. The Bertz CT molecular complexity index is 938. The van der Waals surface area contributed by atoms with Crippen molar-refractivity contribution in [1.29, 1.82) is 0 Å². The predicted octanol–water partition coefficient (Wildman–Crippen LogP) is 3.11. The lowest BCUT2D eigenvalue weighted by molar-refractivity contribution is -0.121. The molecule has 6 nitrogen and oxygen atoms in total. The third-order valence-electron chi connectivity index (χ3n) is 6.38. The molecule has 2 aromatic rings. The van der Waals surface area contributed by atoms with Crippen molar-refractivity contribution in [3.05, 3.63) is 59.7 Å². The van der Waals surface area contributed by atoms with Crippen LogP contribution in [0.4, 0.5) is 11.4 Å². The Kier molecular flexibility index (Phi) is 5.52. The van der Waals surface area contributed by atoms with E-state index in [0.717, 1.165) is 19.6 Å². The van der Waals surface area contributed by atoms with Crippen LogP contribution in [0.25, 0.3) is 0 Å². The van der Waals surface area contributed by atoms with Crippen LogP contribution >= 0.6 is 0 Å². The first-order chi connectivity index (χ1) is 14.4. The van der Waals surface area contributed by atoms with Gasteiger partial charge in [0.25, 0.3) is 5.91 Å². The van der Waals surface area contributed by atoms with Gasteiger partial charge in [-0.2, -0.15) is 0 Å². The minimum absolute atomic E-state index is 0.0377. The Morgan fingerprint density at radius 3 is 2.47 bits per heavy atom. The molecule has 2 amide bonds. The Labute approximate surface area is 178 Å². The van der Waals surface area contributed by atoms with Crippen molar-refractivity contribution in [1.82, 2.24) is 10.2 Å². The van der Waals surface area contributed by atoms with Crippen LogP contribution < -0.4 is 15.5 Å². The minimum Gasteiger partial charge on any atom is -0.372 e. The second-order valence-electron chi connectivity index (χ2n) is 8.47. The van der Waals surface area contributed by atoms with Gasteiger partial charge in [0, 0.05) is 38.4 Å². The number of hydrogen-bond donors (Lipinski definition) is 2. The van der Waals surface area contributed by atoms with Gasteiger partial charge < -0.3 is 15.5 Å². The first-order valence-corrected chi connectivity index (χ1v) is 10.7. The molecule has 30 heavy (non-hydrogen) atoms. The second kappa shape index (κ2) is 8.11. The molecule has 6 heteroatoms. The number of carbonyl (C=O) groups is 2. The minimum atomic E-state index is -0.601. The number of hydrogen-bond acceptors (Lipinski definition) is 4. The molecular weight excluding hydrogens is 376 g/mol. The van der Waals surface area contributed by atoms with E-state index in [0.29, 0.717) is 24.3 Å². The summed E-state index contributed by atoms with van der Waals surface area (Å²) in [6, 6.07) is 15.8. The summed E-state index contributed by atoms with van der Waals surface area (Å²) >= 11 is 0. The van der Waals surface area contributed by atoms with Crippen LogP contribution in [0, 0.1) is 5.92 Å². The first kappa shape index (κ1) is 20.4. The highest BCUT2D eigenvalue weighted by atomic mass is 16.2. The van der Waals surface area contributed by atoms with Gasteiger partial charge in [-0.1, -0.05) is 24.3 Å². The fourth-order valence-electron chi connectivity index (χ4n) is 4.71. The highest BCUT2D eigenvalue weighted by molar-refractivity contribution is 6.06. The number of para-hydroxylation sites is 1. The smallest absolute Gasteiger partial charge is 0.253 e. The Balaban J connectivity index is 1.51. The van der Waals surface area contributed by atoms with Gasteiger partial charge in [0.2, 0.25) is 5.91 Å². The maximum atomic E-state index is 13.0. The first-order valence-electron chi connectivity index (χ1n) is 10.7. The van der Waals surface area contributed by atoms with E-state index in [4.69, 9.17) is 0 Å². The number of anilines is 2. The van der Waals surface area contributed by atoms with Crippen LogP contribution in [0.2, 0.25) is 0 Å². The monoisotopic (exact) mass is 406 g/mol. The van der Waals surface area contributed by atoms with Crippen molar-refractivity contribution >= 4 is 23.2 Å². The Hall–Kier alpha value is -2.86. The number of carbonyl (C=O) groups excluding carboxylic acids is 2. The van der Waals surface area contributed by atoms with E-state index >= 15 is 0 Å². The molecule has 0 unspecified atom stereocenters. The zero-order valence-corrected chi connectivity index (χ0v) is 17.9. The topological polar surface area (TPSA) is 64.7 Å². The van der Waals surface area contributed by atoms with Gasteiger partial charge >= 0.3 is 0 Å². The van der Waals surface area contributed by atoms with Crippen LogP contribution in [0.3, 0.4) is 0 Å². The summed E-state index contributed by atoms with van der Waals surface area (Å²) in [5.74, 6) is -0.474. The number of nitrogens with one attached hydrogen (secondary N) is 2. The molecule has 2 aromatic carbocycles. The number of likely N-dealkylation sites (tertiary alicyclic amines) is 1. The lowest BCUT2D eigenvalue weighted by atomic mass is 9.86. The number of amides is 2. The molecule has 0 radical (unpaired) electrons. The van der Waals surface area contributed by atoms with Gasteiger partial charge in [-0.25, -0.2) is 0 Å². The van der Waals surface area contributed by atoms with Crippen molar-refractivity contribution < 1.29 is 9.59 Å². The molecular formula is C24H30N4O2. The molecule has 4 rings (SSSR count). The average Bonchev–Trinajstić information content (AvgIpc) is 3.05. The van der Waals surface area contributed by atoms with Crippen molar-refractivity contribution in [3.8, 4) is 0 Å². The van der Waals surface area contributed by atoms with Gasteiger partial charge in [-0.15, -0.1) is 0 Å². The summed E-state index contributed by atoms with van der Waals surface area (Å²) in [5.41, 5.74) is 2.92. The SMILES string of the molecule is CCN(CC)c1ccc(CN2C[C@H]3C(=O)Nc4ccccc4C(=O)N[C@@]3(C)C2)cc1. The van der Waals surface area contributed by atoms with E-state index in [1.54, 1.807) is 12.1 Å². The molecule has 1 fully saturated rings. The van der Waals surface area contributed by atoms with Crippen molar-refractivity contribution in [2.45, 2.75) is 32.9 Å². The largest absolute Gasteiger partial charge is 0.372 e. The molecule has 0 aliphatic carbocycles. The third kappa shape index (κ3) is 3.79. The molecule has 0 aromatic heterocycles. The van der Waals surface area contributed by atoms with Crippen LogP contribution in [0.5, 0.6) is 0 Å². The standard InChI is InChI=1S/C24H30N4O2/c1-4-28(5-2)18-12-10-17(11-13-18)14-27-15-20-23(30)25-21-9-7-6-8-19(21)22(29)26-24(20,3)16-27/h6-13,20H,4-5,14-16H2,1-3H3,(H,25,30)(H,26,29)/t20-,24-/m0/s1. The van der Waals surface area contributed by atoms with E-state index in [-0.39, 0.29) is 17.7 Å². The molecule has 1 saturated heterocycles. The van der Waals surface area contributed by atoms with E-state index in [2.05, 4.69) is 58.5 Å². The summed E-state index contributed by atoms with van der Waals surface area (Å²) in [5, 5.41) is 6.13. The zero-order valence-electron chi connectivity index (χ0n) is 17.9. The molecule has 2 heterocycles. The lowest BCUT2D eigenvalue weighted by Crippen LogP contribution is -2.56. The van der Waals surface area contributed by atoms with Gasteiger partial charge in [-0.3, -0.25) is 14.5 Å². The number of nitrogens with zero attached hydrogens (tertiary/aromatic N) is 2. The lowest BCUT2D eigenvalue weighted by Gasteiger charge is -2.33. The summed E-state index contributed by atoms with van der Waals surface area (Å²) in [4.78, 5) is 30.4. The summed E-state index contributed by atoms with van der Waals surface area (Å²) in [6.07, 6.45) is 0. The second-order valence-corrected chi connectivity index (χ2v) is 8.47. The van der Waals surface area contributed by atoms with E-state index in [1.165, 1.54) is 11.3 Å². The van der Waals surface area contributed by atoms with E-state index < -0.39 is 5.54 Å². The molecule has 0 bridgehead atoms. The Morgan fingerprint density at radius 2 is 1.77 bits per heavy atom. The number of rotatable bonds is 5. The molecule has 2 aliphatic heterocycles. The molecule has 2 aliphatic rings. The summed E-state index contributed by atoms with van der Waals surface area (Å²) < 4.78 is 0. The van der Waals surface area contributed by atoms with Crippen molar-refractivity contribution in [3.63, 3.8) is 0 Å². The fourth-order valence-corrected chi connectivity index (χ4v) is 4.71. The van der Waals surface area contributed by atoms with Gasteiger partial charge in [0.15, 0.2) is 0 Å². The number of benzene rings is 2. The highest BCUT2D eigenvalue weighted by Gasteiger charge is 2.49. The maximum Gasteiger partial charge on any atom is 0.253 e. The van der Waals surface area contributed by atoms with Crippen LogP contribution in [0.1, 0.15) is 36.7 Å². The van der Waals surface area contributed by atoms with E-state index in [1.807, 2.05) is 19.1 Å². The van der Waals surface area contributed by atoms with Crippen molar-refractivity contribution in [2.24, 2.45) is 5.92 Å². The highest BCUT2D eigenvalue weighted by Crippen LogP contribution is 2.33. The van der Waals surface area contributed by atoms with Crippen LogP contribution in [-0.2, 0) is 11.3 Å². The zero-order chi connectivity index (χ0) is 21.3. The predicted molar refractivity (Wildman–Crippen MR) is 120 cm³/mol. The molecule has 2 N–H and O–H groups in total. The van der Waals surface area contributed by atoms with Gasteiger partial charge in [0.05, 0.1) is 22.7 Å². The average molecular weight is 407 g/mol.